The highest BCUT2D eigenvalue weighted by Crippen LogP contribution is 2.22. The van der Waals surface area contributed by atoms with Crippen molar-refractivity contribution in [1.82, 2.24) is 9.88 Å². The molecule has 2 aromatic rings. The summed E-state index contributed by atoms with van der Waals surface area (Å²) in [5, 5.41) is 2.45. The summed E-state index contributed by atoms with van der Waals surface area (Å²) in [6, 6.07) is 7.50. The van der Waals surface area contributed by atoms with Gasteiger partial charge in [0.1, 0.15) is 5.69 Å². The van der Waals surface area contributed by atoms with Gasteiger partial charge in [0.15, 0.2) is 0 Å². The van der Waals surface area contributed by atoms with Crippen LogP contribution in [0.15, 0.2) is 35.2 Å². The van der Waals surface area contributed by atoms with Crippen LogP contribution < -0.4 is 0 Å². The van der Waals surface area contributed by atoms with Crippen LogP contribution >= 0.6 is 22.9 Å². The number of amides is 1. The molecule has 2 rings (SSSR count). The van der Waals surface area contributed by atoms with Crippen molar-refractivity contribution < 1.29 is 4.79 Å². The Morgan fingerprint density at radius 2 is 2.06 bits per heavy atom. The summed E-state index contributed by atoms with van der Waals surface area (Å²) < 4.78 is 0. The third-order valence-electron chi connectivity index (χ3n) is 2.91. The Hall–Kier alpha value is -1.39. The SMILES string of the molecule is CC(c1ccc(Cl)cc1)N(C)C(=O)c1cscn1. The standard InChI is InChI=1S/C13H13ClN2OS/c1-9(10-3-5-11(14)6-4-10)16(2)13(17)12-7-18-8-15-12/h3-9H,1-2H3. The third-order valence-corrected chi connectivity index (χ3v) is 3.74. The van der Waals surface area contributed by atoms with Crippen molar-refractivity contribution in [3.05, 3.63) is 51.4 Å². The first kappa shape index (κ1) is 13.1. The van der Waals surface area contributed by atoms with Gasteiger partial charge < -0.3 is 4.90 Å². The second-order valence-electron chi connectivity index (χ2n) is 4.02. The third kappa shape index (κ3) is 2.71. The lowest BCUT2D eigenvalue weighted by molar-refractivity contribution is 0.0737. The average molecular weight is 281 g/mol. The van der Waals surface area contributed by atoms with Crippen LogP contribution in [-0.2, 0) is 0 Å². The molecule has 0 aliphatic rings. The van der Waals surface area contributed by atoms with Crippen LogP contribution in [0.4, 0.5) is 0 Å². The molecule has 1 heterocycles. The molecule has 94 valence electrons. The number of thiazole rings is 1. The van der Waals surface area contributed by atoms with Crippen LogP contribution in [0.1, 0.15) is 29.0 Å². The van der Waals surface area contributed by atoms with Crippen LogP contribution in [0, 0.1) is 0 Å². The lowest BCUT2D eigenvalue weighted by Crippen LogP contribution is -2.29. The topological polar surface area (TPSA) is 33.2 Å². The molecular weight excluding hydrogens is 268 g/mol. The van der Waals surface area contributed by atoms with E-state index in [9.17, 15) is 4.79 Å². The summed E-state index contributed by atoms with van der Waals surface area (Å²) in [7, 11) is 1.78. The van der Waals surface area contributed by atoms with Crippen molar-refractivity contribution >= 4 is 28.8 Å². The van der Waals surface area contributed by atoms with E-state index in [0.717, 1.165) is 5.56 Å². The molecule has 1 atom stereocenters. The van der Waals surface area contributed by atoms with Gasteiger partial charge in [0.25, 0.3) is 5.91 Å². The Morgan fingerprint density at radius 1 is 1.39 bits per heavy atom. The first-order valence-corrected chi connectivity index (χ1v) is 6.82. The van der Waals surface area contributed by atoms with Gasteiger partial charge in [-0.05, 0) is 24.6 Å². The number of nitrogens with zero attached hydrogens (tertiary/aromatic N) is 2. The molecule has 0 fully saturated rings. The minimum atomic E-state index is -0.0706. The zero-order valence-corrected chi connectivity index (χ0v) is 11.7. The number of hydrogen-bond acceptors (Lipinski definition) is 3. The van der Waals surface area contributed by atoms with Gasteiger partial charge >= 0.3 is 0 Å². The van der Waals surface area contributed by atoms with Crippen molar-refractivity contribution in [2.24, 2.45) is 0 Å². The molecule has 0 saturated carbocycles. The van der Waals surface area contributed by atoms with Gasteiger partial charge in [0.05, 0.1) is 11.6 Å². The lowest BCUT2D eigenvalue weighted by Gasteiger charge is -2.24. The zero-order chi connectivity index (χ0) is 13.1. The highest BCUT2D eigenvalue weighted by molar-refractivity contribution is 7.07. The van der Waals surface area contributed by atoms with Crippen LogP contribution in [0.25, 0.3) is 0 Å². The van der Waals surface area contributed by atoms with Crippen molar-refractivity contribution in [3.63, 3.8) is 0 Å². The van der Waals surface area contributed by atoms with E-state index in [2.05, 4.69) is 4.98 Å². The smallest absolute Gasteiger partial charge is 0.273 e. The van der Waals surface area contributed by atoms with Crippen molar-refractivity contribution in [1.29, 1.82) is 0 Å². The van der Waals surface area contributed by atoms with E-state index in [-0.39, 0.29) is 11.9 Å². The summed E-state index contributed by atoms with van der Waals surface area (Å²) in [6.45, 7) is 1.98. The number of hydrogen-bond donors (Lipinski definition) is 0. The molecule has 1 amide bonds. The summed E-state index contributed by atoms with van der Waals surface area (Å²) >= 11 is 7.27. The predicted octanol–water partition coefficient (Wildman–Crippen LogP) is 3.63. The maximum absolute atomic E-state index is 12.1. The van der Waals surface area contributed by atoms with Gasteiger partial charge in [0.2, 0.25) is 0 Å². The normalized spacial score (nSPS) is 12.2. The Balaban J connectivity index is 2.16. The van der Waals surface area contributed by atoms with E-state index in [4.69, 9.17) is 11.6 Å². The summed E-state index contributed by atoms with van der Waals surface area (Å²) in [5.41, 5.74) is 3.20. The van der Waals surface area contributed by atoms with Gasteiger partial charge in [-0.3, -0.25) is 4.79 Å². The Kier molecular flexibility index (Phi) is 3.99. The minimum absolute atomic E-state index is 0.0172. The van der Waals surface area contributed by atoms with E-state index in [0.29, 0.717) is 10.7 Å². The van der Waals surface area contributed by atoms with Gasteiger partial charge in [-0.25, -0.2) is 4.98 Å². The lowest BCUT2D eigenvalue weighted by atomic mass is 10.1. The minimum Gasteiger partial charge on any atom is -0.334 e. The Morgan fingerprint density at radius 3 is 2.61 bits per heavy atom. The summed E-state index contributed by atoms with van der Waals surface area (Å²) in [5.74, 6) is -0.0706. The van der Waals surface area contributed by atoms with Crippen LogP contribution in [0.5, 0.6) is 0 Å². The molecule has 0 aliphatic carbocycles. The molecular formula is C13H13ClN2OS. The largest absolute Gasteiger partial charge is 0.334 e. The maximum Gasteiger partial charge on any atom is 0.273 e. The number of rotatable bonds is 3. The second kappa shape index (κ2) is 5.50. The van der Waals surface area contributed by atoms with E-state index in [1.165, 1.54) is 11.3 Å². The quantitative estimate of drug-likeness (QED) is 0.860. The Labute approximate surface area is 115 Å². The van der Waals surface area contributed by atoms with Gasteiger partial charge in [-0.15, -0.1) is 11.3 Å². The molecule has 0 bridgehead atoms. The predicted molar refractivity (Wildman–Crippen MR) is 74.1 cm³/mol. The molecule has 1 aromatic heterocycles. The van der Waals surface area contributed by atoms with Crippen LogP contribution in [0.3, 0.4) is 0 Å². The number of halogens is 1. The number of carbonyl (C=O) groups is 1. The Bertz CT molecular complexity index is 524. The fourth-order valence-electron chi connectivity index (χ4n) is 1.64. The van der Waals surface area contributed by atoms with E-state index >= 15 is 0 Å². The molecule has 0 radical (unpaired) electrons. The van der Waals surface area contributed by atoms with Crippen molar-refractivity contribution in [2.75, 3.05) is 7.05 Å². The van der Waals surface area contributed by atoms with E-state index in [1.54, 1.807) is 22.8 Å². The molecule has 1 unspecified atom stereocenters. The molecule has 0 N–H and O–H groups in total. The molecule has 5 heteroatoms. The maximum atomic E-state index is 12.1. The summed E-state index contributed by atoms with van der Waals surface area (Å²) in [4.78, 5) is 17.8. The average Bonchev–Trinajstić information content (AvgIpc) is 2.91. The van der Waals surface area contributed by atoms with Crippen molar-refractivity contribution in [2.45, 2.75) is 13.0 Å². The molecule has 1 aromatic carbocycles. The monoisotopic (exact) mass is 280 g/mol. The fraction of sp³-hybridized carbons (Fsp3) is 0.231. The fourth-order valence-corrected chi connectivity index (χ4v) is 2.29. The molecule has 18 heavy (non-hydrogen) atoms. The highest BCUT2D eigenvalue weighted by atomic mass is 35.5. The van der Waals surface area contributed by atoms with Crippen LogP contribution in [-0.4, -0.2) is 22.8 Å². The van der Waals surface area contributed by atoms with Gasteiger partial charge in [-0.2, -0.15) is 0 Å². The van der Waals surface area contributed by atoms with E-state index in [1.807, 2.05) is 31.2 Å². The molecule has 0 saturated heterocycles. The number of aromatic nitrogens is 1. The first-order valence-electron chi connectivity index (χ1n) is 5.50. The highest BCUT2D eigenvalue weighted by Gasteiger charge is 2.19. The molecule has 3 nitrogen and oxygen atoms in total. The van der Waals surface area contributed by atoms with Gasteiger partial charge in [0, 0.05) is 17.5 Å². The second-order valence-corrected chi connectivity index (χ2v) is 5.17. The molecule has 0 aliphatic heterocycles. The summed E-state index contributed by atoms with van der Waals surface area (Å²) in [6.07, 6.45) is 0. The van der Waals surface area contributed by atoms with Crippen LogP contribution in [0.2, 0.25) is 5.02 Å². The number of carbonyl (C=O) groups excluding carboxylic acids is 1. The van der Waals surface area contributed by atoms with Crippen molar-refractivity contribution in [3.8, 4) is 0 Å². The van der Waals surface area contributed by atoms with Gasteiger partial charge in [-0.1, -0.05) is 23.7 Å². The first-order chi connectivity index (χ1) is 8.59. The van der Waals surface area contributed by atoms with E-state index < -0.39 is 0 Å². The zero-order valence-electron chi connectivity index (χ0n) is 10.1. The molecule has 0 spiro atoms. The number of benzene rings is 1.